The van der Waals surface area contributed by atoms with Crippen LogP contribution >= 0.6 is 0 Å². The molecule has 20 heavy (non-hydrogen) atoms. The van der Waals surface area contributed by atoms with Crippen LogP contribution in [0.3, 0.4) is 0 Å². The van der Waals surface area contributed by atoms with Crippen molar-refractivity contribution in [1.29, 1.82) is 0 Å². The Balaban J connectivity index is 2.08. The number of carbonyl (C=O) groups is 1. The van der Waals surface area contributed by atoms with Gasteiger partial charge in [0.25, 0.3) is 0 Å². The van der Waals surface area contributed by atoms with E-state index in [9.17, 15) is 9.90 Å². The van der Waals surface area contributed by atoms with E-state index < -0.39 is 5.60 Å². The minimum absolute atomic E-state index is 0.0115. The van der Waals surface area contributed by atoms with E-state index in [-0.39, 0.29) is 24.5 Å². The van der Waals surface area contributed by atoms with E-state index in [1.807, 2.05) is 39.0 Å². The Hall–Kier alpha value is -1.62. The van der Waals surface area contributed by atoms with Gasteiger partial charge in [-0.3, -0.25) is 4.98 Å². The molecule has 2 atom stereocenters. The lowest BCUT2D eigenvalue weighted by atomic mass is 9.93. The zero-order valence-corrected chi connectivity index (χ0v) is 12.2. The molecule has 0 spiro atoms. The number of carbonyl (C=O) groups excluding carboxylic acids is 1. The van der Waals surface area contributed by atoms with E-state index in [0.717, 1.165) is 5.69 Å². The minimum Gasteiger partial charge on any atom is -0.444 e. The first-order valence-electron chi connectivity index (χ1n) is 6.90. The lowest BCUT2D eigenvalue weighted by molar-refractivity contribution is 0.0283. The molecule has 0 saturated carbocycles. The fourth-order valence-electron chi connectivity index (χ4n) is 2.46. The molecule has 110 valence electrons. The van der Waals surface area contributed by atoms with Crippen LogP contribution in [0.5, 0.6) is 0 Å². The van der Waals surface area contributed by atoms with Crippen molar-refractivity contribution in [3.63, 3.8) is 0 Å². The Morgan fingerprint density at radius 1 is 1.45 bits per heavy atom. The van der Waals surface area contributed by atoms with Gasteiger partial charge in [0, 0.05) is 43.4 Å². The van der Waals surface area contributed by atoms with Crippen molar-refractivity contribution in [2.45, 2.75) is 32.3 Å². The molecule has 0 aliphatic carbocycles. The second-order valence-electron chi connectivity index (χ2n) is 6.19. The molecule has 0 aromatic carbocycles. The molecule has 1 saturated heterocycles. The largest absolute Gasteiger partial charge is 0.444 e. The molecule has 0 radical (unpaired) electrons. The lowest BCUT2D eigenvalue weighted by Gasteiger charge is -2.24. The molecule has 2 heterocycles. The van der Waals surface area contributed by atoms with E-state index in [1.165, 1.54) is 0 Å². The number of pyridine rings is 1. The molecule has 1 amide bonds. The van der Waals surface area contributed by atoms with Crippen LogP contribution in [0.1, 0.15) is 32.4 Å². The summed E-state index contributed by atoms with van der Waals surface area (Å²) in [5.74, 6) is 0.0751. The highest BCUT2D eigenvalue weighted by Gasteiger charge is 2.38. The highest BCUT2D eigenvalue weighted by molar-refractivity contribution is 5.68. The molecule has 1 aromatic rings. The van der Waals surface area contributed by atoms with Crippen LogP contribution in [-0.2, 0) is 4.74 Å². The number of aromatic nitrogens is 1. The smallest absolute Gasteiger partial charge is 0.410 e. The summed E-state index contributed by atoms with van der Waals surface area (Å²) in [6, 6.07) is 5.72. The van der Waals surface area contributed by atoms with Crippen molar-refractivity contribution in [3.05, 3.63) is 30.1 Å². The lowest BCUT2D eigenvalue weighted by Crippen LogP contribution is -2.35. The van der Waals surface area contributed by atoms with E-state index in [1.54, 1.807) is 11.1 Å². The monoisotopic (exact) mass is 278 g/mol. The Morgan fingerprint density at radius 3 is 2.75 bits per heavy atom. The van der Waals surface area contributed by atoms with E-state index >= 15 is 0 Å². The van der Waals surface area contributed by atoms with Crippen LogP contribution in [0.4, 0.5) is 4.79 Å². The van der Waals surface area contributed by atoms with Gasteiger partial charge in [0.1, 0.15) is 5.60 Å². The van der Waals surface area contributed by atoms with Gasteiger partial charge in [-0.2, -0.15) is 0 Å². The zero-order chi connectivity index (χ0) is 14.8. The van der Waals surface area contributed by atoms with Gasteiger partial charge in [0.15, 0.2) is 0 Å². The van der Waals surface area contributed by atoms with Crippen molar-refractivity contribution >= 4 is 6.09 Å². The number of likely N-dealkylation sites (tertiary alicyclic amines) is 1. The highest BCUT2D eigenvalue weighted by atomic mass is 16.6. The summed E-state index contributed by atoms with van der Waals surface area (Å²) in [5, 5.41) is 9.52. The predicted molar refractivity (Wildman–Crippen MR) is 75.4 cm³/mol. The summed E-state index contributed by atoms with van der Waals surface area (Å²) in [6.07, 6.45) is 1.41. The van der Waals surface area contributed by atoms with Gasteiger partial charge in [0.2, 0.25) is 0 Å². The molecule has 1 aromatic heterocycles. The molecule has 0 unspecified atom stereocenters. The molecule has 1 fully saturated rings. The van der Waals surface area contributed by atoms with Crippen LogP contribution in [0.25, 0.3) is 0 Å². The molecule has 1 aliphatic rings. The number of hydrogen-bond acceptors (Lipinski definition) is 4. The van der Waals surface area contributed by atoms with E-state index in [4.69, 9.17) is 4.74 Å². The van der Waals surface area contributed by atoms with Crippen molar-refractivity contribution in [3.8, 4) is 0 Å². The second-order valence-corrected chi connectivity index (χ2v) is 6.19. The molecule has 5 heteroatoms. The van der Waals surface area contributed by atoms with E-state index in [2.05, 4.69) is 4.98 Å². The van der Waals surface area contributed by atoms with Crippen molar-refractivity contribution in [1.82, 2.24) is 9.88 Å². The maximum Gasteiger partial charge on any atom is 0.410 e. The number of nitrogens with zero attached hydrogens (tertiary/aromatic N) is 2. The fraction of sp³-hybridized carbons (Fsp3) is 0.600. The first-order valence-corrected chi connectivity index (χ1v) is 6.90. The van der Waals surface area contributed by atoms with Gasteiger partial charge in [-0.25, -0.2) is 4.79 Å². The first kappa shape index (κ1) is 14.8. The van der Waals surface area contributed by atoms with Gasteiger partial charge in [0.05, 0.1) is 0 Å². The third kappa shape index (κ3) is 3.48. The molecule has 1 N–H and O–H groups in total. The highest BCUT2D eigenvalue weighted by Crippen LogP contribution is 2.32. The summed E-state index contributed by atoms with van der Waals surface area (Å²) < 4.78 is 5.38. The molecular weight excluding hydrogens is 256 g/mol. The van der Waals surface area contributed by atoms with Crippen LogP contribution in [0.2, 0.25) is 0 Å². The van der Waals surface area contributed by atoms with Crippen LogP contribution < -0.4 is 0 Å². The van der Waals surface area contributed by atoms with Crippen LogP contribution in [-0.4, -0.2) is 46.4 Å². The van der Waals surface area contributed by atoms with Crippen molar-refractivity contribution in [2.24, 2.45) is 5.92 Å². The normalized spacial score (nSPS) is 22.9. The summed E-state index contributed by atoms with van der Waals surface area (Å²) in [5.41, 5.74) is 0.409. The molecule has 1 aliphatic heterocycles. The van der Waals surface area contributed by atoms with Gasteiger partial charge >= 0.3 is 6.09 Å². The number of aliphatic hydroxyl groups is 1. The Morgan fingerprint density at radius 2 is 2.20 bits per heavy atom. The average molecular weight is 278 g/mol. The molecular formula is C15H22N2O3. The van der Waals surface area contributed by atoms with Gasteiger partial charge in [-0.05, 0) is 32.9 Å². The zero-order valence-electron chi connectivity index (χ0n) is 12.2. The summed E-state index contributed by atoms with van der Waals surface area (Å²) in [7, 11) is 0. The molecule has 2 rings (SSSR count). The van der Waals surface area contributed by atoms with E-state index in [0.29, 0.717) is 13.1 Å². The first-order chi connectivity index (χ1) is 9.40. The van der Waals surface area contributed by atoms with Crippen molar-refractivity contribution in [2.75, 3.05) is 19.7 Å². The maximum absolute atomic E-state index is 12.1. The third-order valence-corrected chi connectivity index (χ3v) is 3.39. The SMILES string of the molecule is CC(C)(C)OC(=O)N1C[C@@H](CO)[C@H](c2ccccn2)C1. The average Bonchev–Trinajstić information content (AvgIpc) is 2.82. The Kier molecular flexibility index (Phi) is 4.28. The van der Waals surface area contributed by atoms with Gasteiger partial charge in [-0.1, -0.05) is 6.07 Å². The maximum atomic E-state index is 12.1. The van der Waals surface area contributed by atoms with Gasteiger partial charge < -0.3 is 14.7 Å². The number of rotatable bonds is 2. The predicted octanol–water partition coefficient (Wildman–Crippen LogP) is 2.02. The number of amides is 1. The Bertz CT molecular complexity index is 456. The summed E-state index contributed by atoms with van der Waals surface area (Å²) in [4.78, 5) is 18.1. The number of aliphatic hydroxyl groups excluding tert-OH is 1. The topological polar surface area (TPSA) is 62.7 Å². The standard InChI is InChI=1S/C15H22N2O3/c1-15(2,3)20-14(19)17-8-11(10-18)12(9-17)13-6-4-5-7-16-13/h4-7,11-12,18H,8-10H2,1-3H3/t11-,12+/m0/s1. The Labute approximate surface area is 119 Å². The van der Waals surface area contributed by atoms with Crippen molar-refractivity contribution < 1.29 is 14.6 Å². The minimum atomic E-state index is -0.505. The summed E-state index contributed by atoms with van der Waals surface area (Å²) >= 11 is 0. The summed E-state index contributed by atoms with van der Waals surface area (Å²) in [6.45, 7) is 6.63. The van der Waals surface area contributed by atoms with Crippen LogP contribution in [0, 0.1) is 5.92 Å². The number of ether oxygens (including phenoxy) is 1. The third-order valence-electron chi connectivity index (χ3n) is 3.39. The number of hydrogen-bond donors (Lipinski definition) is 1. The fourth-order valence-corrected chi connectivity index (χ4v) is 2.46. The molecule has 5 nitrogen and oxygen atoms in total. The van der Waals surface area contributed by atoms with Crippen LogP contribution in [0.15, 0.2) is 24.4 Å². The molecule has 0 bridgehead atoms. The quantitative estimate of drug-likeness (QED) is 0.899. The van der Waals surface area contributed by atoms with Gasteiger partial charge in [-0.15, -0.1) is 0 Å². The second kappa shape index (κ2) is 5.79.